The molecule has 3 heteroatoms. The fraction of sp³-hybridized carbons (Fsp3) is 0.0103. The lowest BCUT2D eigenvalue weighted by Crippen LogP contribution is -2.26. The van der Waals surface area contributed by atoms with E-state index in [4.69, 9.17) is 0 Å². The molecule has 2 aliphatic rings. The molecule has 2 aliphatic carbocycles. The smallest absolute Gasteiger partial charge is 0.0727 e. The molecule has 0 amide bonds. The Balaban J connectivity index is 0.887. The summed E-state index contributed by atoms with van der Waals surface area (Å²) >= 11 is 0. The molecule has 0 aliphatic heterocycles. The Bertz CT molecular complexity index is 5310. The van der Waals surface area contributed by atoms with Gasteiger partial charge in [-0.25, -0.2) is 0 Å². The number of fused-ring (bicyclic) bond motifs is 10. The zero-order chi connectivity index (χ0) is 66.4. The number of benzene rings is 16. The van der Waals surface area contributed by atoms with Gasteiger partial charge in [-0.3, -0.25) is 0 Å². The summed E-state index contributed by atoms with van der Waals surface area (Å²) < 4.78 is 0. The van der Waals surface area contributed by atoms with Crippen molar-refractivity contribution in [2.24, 2.45) is 0 Å². The molecule has 16 aromatic rings. The summed E-state index contributed by atoms with van der Waals surface area (Å²) in [6.07, 6.45) is 0. The molecular formula is C97H67N3. The van der Waals surface area contributed by atoms with E-state index in [1.54, 1.807) is 0 Å². The Kier molecular flexibility index (Phi) is 15.1. The van der Waals surface area contributed by atoms with Crippen LogP contribution in [0.4, 0.5) is 51.2 Å². The number of rotatable bonds is 15. The molecule has 0 heterocycles. The van der Waals surface area contributed by atoms with Crippen LogP contribution in [-0.4, -0.2) is 0 Å². The van der Waals surface area contributed by atoms with Crippen molar-refractivity contribution in [1.29, 1.82) is 0 Å². The zero-order valence-electron chi connectivity index (χ0n) is 55.0. The molecule has 0 fully saturated rings. The molecule has 1 atom stereocenters. The average Bonchev–Trinajstić information content (AvgIpc) is 1.50. The van der Waals surface area contributed by atoms with Gasteiger partial charge in [0.05, 0.1) is 16.8 Å². The Morgan fingerprint density at radius 2 is 0.380 bits per heavy atom. The second-order valence-corrected chi connectivity index (χ2v) is 25.9. The molecule has 3 nitrogen and oxygen atoms in total. The summed E-state index contributed by atoms with van der Waals surface area (Å²) in [5.74, 6) is 0. The number of anilines is 9. The van der Waals surface area contributed by atoms with Gasteiger partial charge in [0.25, 0.3) is 0 Å². The minimum Gasteiger partial charge on any atom is -0.310 e. The number of nitrogens with zero attached hydrogens (tertiary/aromatic N) is 3. The van der Waals surface area contributed by atoms with Gasteiger partial charge in [-0.2, -0.15) is 0 Å². The molecule has 0 aromatic heterocycles. The maximum atomic E-state index is 2.53. The molecule has 0 saturated carbocycles. The third kappa shape index (κ3) is 10.5. The van der Waals surface area contributed by atoms with Crippen molar-refractivity contribution >= 4 is 51.2 Å². The van der Waals surface area contributed by atoms with Crippen LogP contribution >= 0.6 is 0 Å². The average molecular weight is 1270 g/mol. The Labute approximate surface area is 585 Å². The van der Waals surface area contributed by atoms with Crippen molar-refractivity contribution in [3.63, 3.8) is 0 Å². The Hall–Kier alpha value is -13.1. The first kappa shape index (κ1) is 59.4. The van der Waals surface area contributed by atoms with Crippen LogP contribution in [0.2, 0.25) is 0 Å². The van der Waals surface area contributed by atoms with Crippen molar-refractivity contribution in [2.75, 3.05) is 14.7 Å². The van der Waals surface area contributed by atoms with Crippen LogP contribution in [-0.2, 0) is 5.41 Å². The molecule has 16 aromatic carbocycles. The number of hydrogen-bond acceptors (Lipinski definition) is 3. The second kappa shape index (κ2) is 25.5. The molecule has 0 saturated heterocycles. The van der Waals surface area contributed by atoms with Crippen LogP contribution in [0.15, 0.2) is 406 Å². The maximum absolute atomic E-state index is 2.53. The van der Waals surface area contributed by atoms with Gasteiger partial charge in [-0.1, -0.05) is 309 Å². The molecule has 1 spiro atoms. The van der Waals surface area contributed by atoms with Crippen molar-refractivity contribution < 1.29 is 0 Å². The van der Waals surface area contributed by atoms with Crippen LogP contribution in [0.5, 0.6) is 0 Å². The lowest BCUT2D eigenvalue weighted by atomic mass is 9.70. The van der Waals surface area contributed by atoms with Gasteiger partial charge in [-0.05, 0) is 197 Å². The minimum atomic E-state index is -0.821. The van der Waals surface area contributed by atoms with E-state index < -0.39 is 5.41 Å². The topological polar surface area (TPSA) is 9.72 Å². The van der Waals surface area contributed by atoms with E-state index >= 15 is 0 Å². The van der Waals surface area contributed by atoms with E-state index in [-0.39, 0.29) is 0 Å². The van der Waals surface area contributed by atoms with Crippen molar-refractivity contribution in [3.8, 4) is 89.0 Å². The molecule has 0 N–H and O–H groups in total. The molecule has 18 rings (SSSR count). The van der Waals surface area contributed by atoms with Gasteiger partial charge in [0.1, 0.15) is 0 Å². The second-order valence-electron chi connectivity index (χ2n) is 25.9. The summed E-state index contributed by atoms with van der Waals surface area (Å²) in [5, 5.41) is 0. The minimum absolute atomic E-state index is 0.821. The summed E-state index contributed by atoms with van der Waals surface area (Å²) in [7, 11) is 0. The summed E-state index contributed by atoms with van der Waals surface area (Å²) in [4.78, 5) is 7.43. The molecule has 0 radical (unpaired) electrons. The van der Waals surface area contributed by atoms with E-state index in [0.717, 1.165) is 73.4 Å². The first-order valence-corrected chi connectivity index (χ1v) is 34.5. The lowest BCUT2D eigenvalue weighted by Gasteiger charge is -2.33. The van der Waals surface area contributed by atoms with Crippen molar-refractivity contribution in [3.05, 3.63) is 429 Å². The highest BCUT2D eigenvalue weighted by atomic mass is 15.2. The van der Waals surface area contributed by atoms with Crippen molar-refractivity contribution in [1.82, 2.24) is 0 Å². The maximum Gasteiger partial charge on any atom is 0.0727 e. The lowest BCUT2D eigenvalue weighted by molar-refractivity contribution is 0.793. The Morgan fingerprint density at radius 1 is 0.150 bits per heavy atom. The van der Waals surface area contributed by atoms with E-state index in [2.05, 4.69) is 421 Å². The molecule has 470 valence electrons. The van der Waals surface area contributed by atoms with E-state index in [0.29, 0.717) is 0 Å². The molecule has 1 unspecified atom stereocenters. The summed E-state index contributed by atoms with van der Waals surface area (Å²) in [6, 6.07) is 150. The molecule has 100 heavy (non-hydrogen) atoms. The normalized spacial score (nSPS) is 13.0. The quantitative estimate of drug-likeness (QED) is 0.101. The highest BCUT2D eigenvalue weighted by Crippen LogP contribution is 2.67. The largest absolute Gasteiger partial charge is 0.310 e. The van der Waals surface area contributed by atoms with Crippen LogP contribution in [0.3, 0.4) is 0 Å². The van der Waals surface area contributed by atoms with Gasteiger partial charge in [0.2, 0.25) is 0 Å². The van der Waals surface area contributed by atoms with E-state index in [1.807, 2.05) is 0 Å². The first-order valence-electron chi connectivity index (χ1n) is 34.5. The highest BCUT2D eigenvalue weighted by molar-refractivity contribution is 6.05. The predicted molar refractivity (Wildman–Crippen MR) is 419 cm³/mol. The zero-order valence-corrected chi connectivity index (χ0v) is 55.0. The van der Waals surface area contributed by atoms with Crippen LogP contribution in [0.1, 0.15) is 22.3 Å². The van der Waals surface area contributed by atoms with Gasteiger partial charge >= 0.3 is 0 Å². The monoisotopic (exact) mass is 1270 g/mol. The standard InChI is InChI=1S/C97H67N3/c1-7-23-68(24-8-1)74-41-53-80(54-42-74)98(81-55-43-75(44-56-81)69-25-9-2-10-26-69)86-65-66-88-92(67-86)97(91-38-22-40-94(96(88)91)100(84-61-49-78(50-62-84)72-31-15-5-16-32-72)85-63-51-79(52-64-85)73-33-17-6-18-34-73)89-36-20-19-35-87(89)95-90(97)37-21-39-93(95)99(82-57-45-76(46-58-82)70-27-11-3-12-28-70)83-59-47-77(48-60-83)71-29-13-4-14-30-71/h1-67H. The van der Waals surface area contributed by atoms with E-state index in [9.17, 15) is 0 Å². The first-order chi connectivity index (χ1) is 49.6. The number of hydrogen-bond donors (Lipinski definition) is 0. The van der Waals surface area contributed by atoms with E-state index in [1.165, 1.54) is 89.0 Å². The summed E-state index contributed by atoms with van der Waals surface area (Å²) in [6.45, 7) is 0. The van der Waals surface area contributed by atoms with Crippen LogP contribution < -0.4 is 14.7 Å². The highest BCUT2D eigenvalue weighted by Gasteiger charge is 2.54. The predicted octanol–water partition coefficient (Wildman–Crippen LogP) is 26.4. The molecular weight excluding hydrogens is 1210 g/mol. The fourth-order valence-electron chi connectivity index (χ4n) is 15.6. The van der Waals surface area contributed by atoms with Crippen LogP contribution in [0, 0.1) is 0 Å². The fourth-order valence-corrected chi connectivity index (χ4v) is 15.6. The van der Waals surface area contributed by atoms with Gasteiger partial charge in [-0.15, -0.1) is 0 Å². The third-order valence-electron chi connectivity index (χ3n) is 20.3. The van der Waals surface area contributed by atoms with Gasteiger partial charge < -0.3 is 14.7 Å². The van der Waals surface area contributed by atoms with Gasteiger partial charge in [0, 0.05) is 50.9 Å². The molecule has 0 bridgehead atoms. The van der Waals surface area contributed by atoms with Crippen molar-refractivity contribution in [2.45, 2.75) is 5.41 Å². The van der Waals surface area contributed by atoms with Gasteiger partial charge in [0.15, 0.2) is 0 Å². The SMILES string of the molecule is c1ccc(-c2ccc(N(c3ccc(-c4ccccc4)cc3)c3ccc4c(c3)C3(c5ccccc5-c5c(N(c6ccc(-c7ccccc7)cc6)c6ccc(-c7ccccc7)cc6)cccc53)c3cccc(N(c5ccc(-c6ccccc6)cc5)c5ccc(-c6ccccc6)cc5)c3-4)cc2)cc1. The third-order valence-corrected chi connectivity index (χ3v) is 20.3. The Morgan fingerprint density at radius 3 is 0.680 bits per heavy atom. The van der Waals surface area contributed by atoms with Crippen LogP contribution in [0.25, 0.3) is 89.0 Å². The summed E-state index contributed by atoms with van der Waals surface area (Å²) in [5.41, 5.74) is 32.5.